The number of likely N-dealkylation sites (tertiary alicyclic amines) is 1. The van der Waals surface area contributed by atoms with E-state index in [0.29, 0.717) is 31.8 Å². The van der Waals surface area contributed by atoms with Gasteiger partial charge in [-0.05, 0) is 31.4 Å². The summed E-state index contributed by atoms with van der Waals surface area (Å²) in [5.41, 5.74) is 1.16. The zero-order valence-corrected chi connectivity index (χ0v) is 16.6. The van der Waals surface area contributed by atoms with Gasteiger partial charge in [0, 0.05) is 44.6 Å². The molecule has 1 unspecified atom stereocenters. The van der Waals surface area contributed by atoms with E-state index in [0.717, 1.165) is 24.9 Å². The summed E-state index contributed by atoms with van der Waals surface area (Å²) in [4.78, 5) is 45.8. The number of carbonyl (C=O) groups is 2. The molecule has 9 heteroatoms. The van der Waals surface area contributed by atoms with Crippen LogP contribution in [0.2, 0.25) is 0 Å². The number of nitrogens with zero attached hydrogens (tertiary/aromatic N) is 4. The normalized spacial score (nSPS) is 20.2. The van der Waals surface area contributed by atoms with Crippen LogP contribution in [-0.2, 0) is 4.79 Å². The van der Waals surface area contributed by atoms with Crippen molar-refractivity contribution in [2.45, 2.75) is 25.8 Å². The van der Waals surface area contributed by atoms with Gasteiger partial charge >= 0.3 is 0 Å². The third-order valence-corrected chi connectivity index (χ3v) is 5.33. The van der Waals surface area contributed by atoms with Crippen LogP contribution in [-0.4, -0.2) is 69.8 Å². The molecule has 0 bridgehead atoms. The van der Waals surface area contributed by atoms with E-state index < -0.39 is 0 Å². The van der Waals surface area contributed by atoms with E-state index in [9.17, 15) is 14.4 Å². The molecule has 1 atom stereocenters. The monoisotopic (exact) mass is 405 g/mol. The smallest absolute Gasteiger partial charge is 0.270 e. The summed E-state index contributed by atoms with van der Waals surface area (Å²) in [6.07, 6.45) is 4.76. The van der Waals surface area contributed by atoms with Gasteiger partial charge in [0.15, 0.2) is 0 Å². The molecule has 0 aliphatic carbocycles. The van der Waals surface area contributed by atoms with Gasteiger partial charge < -0.3 is 15.1 Å². The molecule has 4 heterocycles. The molecule has 0 radical (unpaired) electrons. The molecule has 2 aromatic heterocycles. The molecule has 2 aromatic rings. The fraction of sp³-hybridized carbons (Fsp3) is 0.474. The number of pyridine rings is 1. The highest BCUT2D eigenvalue weighted by molar-refractivity contribution is 5.94. The molecule has 2 aliphatic heterocycles. The lowest BCUT2D eigenvalue weighted by molar-refractivity contribution is -0.135. The highest BCUT2D eigenvalue weighted by atomic mass is 35.5. The molecule has 2 amide bonds. The summed E-state index contributed by atoms with van der Waals surface area (Å²) < 4.78 is 1.42. The lowest BCUT2D eigenvalue weighted by Crippen LogP contribution is -2.57. The number of halogens is 1. The number of hydrogen-bond acceptors (Lipinski definition) is 5. The predicted molar refractivity (Wildman–Crippen MR) is 107 cm³/mol. The van der Waals surface area contributed by atoms with Gasteiger partial charge in [0.2, 0.25) is 5.91 Å². The van der Waals surface area contributed by atoms with Crippen LogP contribution in [0.25, 0.3) is 5.65 Å². The molecule has 2 fully saturated rings. The molecule has 4 rings (SSSR count). The Morgan fingerprint density at radius 2 is 2.07 bits per heavy atom. The highest BCUT2D eigenvalue weighted by Crippen LogP contribution is 2.18. The summed E-state index contributed by atoms with van der Waals surface area (Å²) in [7, 11) is 0. The lowest BCUT2D eigenvalue weighted by Gasteiger charge is -2.41. The maximum Gasteiger partial charge on any atom is 0.270 e. The van der Waals surface area contributed by atoms with Gasteiger partial charge in [0.1, 0.15) is 11.2 Å². The van der Waals surface area contributed by atoms with Crippen molar-refractivity contribution in [2.75, 3.05) is 32.7 Å². The Morgan fingerprint density at radius 3 is 2.86 bits per heavy atom. The average Bonchev–Trinajstić information content (AvgIpc) is 2.69. The minimum Gasteiger partial charge on any atom is -0.336 e. The number of hydrogen-bond donors (Lipinski definition) is 1. The second-order valence-electron chi connectivity index (χ2n) is 7.22. The topological polar surface area (TPSA) is 87.0 Å². The Labute approximate surface area is 168 Å². The van der Waals surface area contributed by atoms with E-state index in [1.807, 2.05) is 17.9 Å². The highest BCUT2D eigenvalue weighted by Gasteiger charge is 2.32. The van der Waals surface area contributed by atoms with Crippen LogP contribution in [0.4, 0.5) is 0 Å². The first-order valence-corrected chi connectivity index (χ1v) is 9.32. The number of piperidine rings is 1. The number of piperazine rings is 1. The molecule has 1 N–H and O–H groups in total. The summed E-state index contributed by atoms with van der Waals surface area (Å²) in [5.74, 6) is -0.237. The third-order valence-electron chi connectivity index (χ3n) is 5.33. The van der Waals surface area contributed by atoms with Gasteiger partial charge in [-0.2, -0.15) is 0 Å². The number of rotatable bonds is 2. The van der Waals surface area contributed by atoms with Crippen molar-refractivity contribution in [1.82, 2.24) is 24.5 Å². The average molecular weight is 406 g/mol. The summed E-state index contributed by atoms with van der Waals surface area (Å²) >= 11 is 0. The van der Waals surface area contributed by atoms with Gasteiger partial charge in [-0.1, -0.05) is 6.07 Å². The van der Waals surface area contributed by atoms with Crippen molar-refractivity contribution in [3.8, 4) is 0 Å². The summed E-state index contributed by atoms with van der Waals surface area (Å²) in [6.45, 7) is 4.71. The van der Waals surface area contributed by atoms with E-state index in [1.165, 1.54) is 10.6 Å². The van der Waals surface area contributed by atoms with Crippen LogP contribution in [0.15, 0.2) is 29.3 Å². The molecule has 0 saturated carbocycles. The molecule has 8 nitrogen and oxygen atoms in total. The quantitative estimate of drug-likeness (QED) is 0.784. The van der Waals surface area contributed by atoms with Crippen LogP contribution in [0.3, 0.4) is 0 Å². The van der Waals surface area contributed by atoms with Crippen LogP contribution in [0.5, 0.6) is 0 Å². The van der Waals surface area contributed by atoms with E-state index in [4.69, 9.17) is 0 Å². The van der Waals surface area contributed by atoms with Crippen molar-refractivity contribution in [3.05, 3.63) is 46.0 Å². The van der Waals surface area contributed by atoms with E-state index in [1.54, 1.807) is 17.2 Å². The Bertz CT molecular complexity index is 960. The molecular weight excluding hydrogens is 382 g/mol. The molecular formula is C19H24ClN5O3. The Kier molecular flexibility index (Phi) is 6.00. The van der Waals surface area contributed by atoms with Gasteiger partial charge in [-0.25, -0.2) is 4.98 Å². The zero-order valence-electron chi connectivity index (χ0n) is 15.8. The van der Waals surface area contributed by atoms with Crippen molar-refractivity contribution in [2.24, 2.45) is 0 Å². The van der Waals surface area contributed by atoms with Crippen LogP contribution < -0.4 is 10.9 Å². The van der Waals surface area contributed by atoms with Crippen molar-refractivity contribution in [3.63, 3.8) is 0 Å². The molecule has 28 heavy (non-hydrogen) atoms. The second-order valence-corrected chi connectivity index (χ2v) is 7.22. The third kappa shape index (κ3) is 3.74. The van der Waals surface area contributed by atoms with E-state index in [2.05, 4.69) is 10.3 Å². The van der Waals surface area contributed by atoms with Crippen LogP contribution in [0.1, 0.15) is 28.8 Å². The molecule has 2 aliphatic rings. The first-order valence-electron chi connectivity index (χ1n) is 9.32. The standard InChI is InChI=1S/C19H23N5O3.ClH/c1-13-4-5-16-21-9-15(19(27)24(16)11-13)18(26)22-7-2-3-14(12-22)23-8-6-20-10-17(23)25;/h4-5,9,11,14,20H,2-3,6-8,10,12H2,1H3;1H. The van der Waals surface area contributed by atoms with E-state index in [-0.39, 0.29) is 41.4 Å². The van der Waals surface area contributed by atoms with Gasteiger partial charge in [0.05, 0.1) is 6.54 Å². The minimum absolute atomic E-state index is 0. The first kappa shape index (κ1) is 20.3. The number of fused-ring (bicyclic) bond motifs is 1. The lowest BCUT2D eigenvalue weighted by atomic mass is 10.0. The van der Waals surface area contributed by atoms with E-state index >= 15 is 0 Å². The second kappa shape index (κ2) is 8.28. The number of carbonyl (C=O) groups excluding carboxylic acids is 2. The maximum atomic E-state index is 13.0. The summed E-state index contributed by atoms with van der Waals surface area (Å²) in [6, 6.07) is 3.65. The number of aryl methyl sites for hydroxylation is 1. The zero-order chi connectivity index (χ0) is 19.0. The fourth-order valence-electron chi connectivity index (χ4n) is 3.90. The Morgan fingerprint density at radius 1 is 1.25 bits per heavy atom. The Hall–Kier alpha value is -2.45. The minimum atomic E-state index is -0.353. The number of amides is 2. The van der Waals surface area contributed by atoms with Crippen molar-refractivity contribution >= 4 is 29.9 Å². The number of aromatic nitrogens is 2. The SMILES string of the molecule is Cc1ccc2ncc(C(=O)N3CCCC(N4CCNCC4=O)C3)c(=O)n2c1.Cl. The molecule has 0 spiro atoms. The first-order chi connectivity index (χ1) is 13.0. The van der Waals surface area contributed by atoms with Crippen molar-refractivity contribution in [1.29, 1.82) is 0 Å². The predicted octanol–water partition coefficient (Wildman–Crippen LogP) is 0.461. The molecule has 150 valence electrons. The van der Waals surface area contributed by atoms with Crippen molar-refractivity contribution < 1.29 is 9.59 Å². The number of nitrogens with one attached hydrogen (secondary N) is 1. The maximum absolute atomic E-state index is 13.0. The van der Waals surface area contributed by atoms with Crippen LogP contribution in [0, 0.1) is 6.92 Å². The molecule has 0 aromatic carbocycles. The summed E-state index contributed by atoms with van der Waals surface area (Å²) in [5, 5.41) is 3.07. The van der Waals surface area contributed by atoms with Gasteiger partial charge in [0.25, 0.3) is 11.5 Å². The largest absolute Gasteiger partial charge is 0.336 e. The Balaban J connectivity index is 0.00000225. The van der Waals surface area contributed by atoms with Gasteiger partial charge in [-0.3, -0.25) is 18.8 Å². The fourth-order valence-corrected chi connectivity index (χ4v) is 3.90. The van der Waals surface area contributed by atoms with Gasteiger partial charge in [-0.15, -0.1) is 12.4 Å². The van der Waals surface area contributed by atoms with Crippen LogP contribution >= 0.6 is 12.4 Å². The molecule has 2 saturated heterocycles.